The number of anilines is 8. The number of carbonyl (C=O) groups is 4. The molecule has 0 saturated heterocycles. The minimum absolute atomic E-state index is 0.0202. The molecule has 6 aromatic heterocycles. The highest BCUT2D eigenvalue weighted by Crippen LogP contribution is 2.26. The lowest BCUT2D eigenvalue weighted by Gasteiger charge is -2.17. The van der Waals surface area contributed by atoms with Crippen LogP contribution in [0.25, 0.3) is 0 Å². The van der Waals surface area contributed by atoms with Crippen molar-refractivity contribution in [3.8, 4) is 0 Å². The number of rotatable bonds is 45. The Hall–Kier alpha value is -9.77. The summed E-state index contributed by atoms with van der Waals surface area (Å²) in [6, 6.07) is 19.3. The van der Waals surface area contributed by atoms with Gasteiger partial charge in [0.1, 0.15) is 52.9 Å². The fraction of sp³-hybridized carbons (Fsp3) is 0.469. The topological polar surface area (TPSA) is 463 Å². The van der Waals surface area contributed by atoms with Gasteiger partial charge in [0, 0.05) is 120 Å². The summed E-state index contributed by atoms with van der Waals surface area (Å²) >= 11 is 7.20. The van der Waals surface area contributed by atoms with E-state index in [1.807, 2.05) is 67.6 Å². The number of nitrogens with one attached hydrogen (secondary N) is 7. The number of nitrogens with zero attached hydrogens (tertiary/aromatic N) is 18. The third-order valence-corrected chi connectivity index (χ3v) is 16.4. The lowest BCUT2D eigenvalue weighted by molar-refractivity contribution is -0.131. The summed E-state index contributed by atoms with van der Waals surface area (Å²) in [5.41, 5.74) is 18.4. The molecule has 8 rings (SSSR count). The van der Waals surface area contributed by atoms with E-state index < -0.39 is 17.7 Å². The Labute approximate surface area is 588 Å². The number of aryl methyl sites for hydroxylation is 7. The molecule has 524 valence electrons. The molecule has 99 heavy (non-hydrogen) atoms. The van der Waals surface area contributed by atoms with Crippen molar-refractivity contribution in [1.29, 1.82) is 0 Å². The average Bonchev–Trinajstić information content (AvgIpc) is 1.26. The molecule has 0 aliphatic carbocycles. The van der Waals surface area contributed by atoms with Crippen molar-refractivity contribution in [3.63, 3.8) is 0 Å². The molecule has 2 unspecified atom stereocenters. The molecule has 6 heterocycles. The number of Topliss-reactive ketones (excluding diaryl/α,β-unsaturated/α-hetero) is 2. The summed E-state index contributed by atoms with van der Waals surface area (Å²) in [7, 11) is 0. The third-order valence-electron chi connectivity index (χ3n) is 14.6. The third kappa shape index (κ3) is 27.9. The molecular formula is C64H86N28O4S3. The molecule has 0 radical (unpaired) electrons. The highest BCUT2D eigenvalue weighted by atomic mass is 32.2. The van der Waals surface area contributed by atoms with E-state index in [0.29, 0.717) is 209 Å². The minimum atomic E-state index is -0.720. The van der Waals surface area contributed by atoms with Gasteiger partial charge in [0.15, 0.2) is 16.1 Å². The summed E-state index contributed by atoms with van der Waals surface area (Å²) in [4.78, 5) is 135. The number of hydrogen-bond acceptors (Lipinski definition) is 33. The normalized spacial score (nSPS) is 11.7. The monoisotopic (exact) mass is 1410 g/mol. The highest BCUT2D eigenvalue weighted by molar-refractivity contribution is 7.99. The van der Waals surface area contributed by atoms with Crippen LogP contribution in [0.15, 0.2) is 82.2 Å². The van der Waals surface area contributed by atoms with Crippen molar-refractivity contribution in [1.82, 2.24) is 100 Å². The Bertz CT molecular complexity index is 3870. The summed E-state index contributed by atoms with van der Waals surface area (Å²) in [6.07, 6.45) is 8.55. The Balaban J connectivity index is 0.732. The second-order valence-electron chi connectivity index (χ2n) is 22.8. The van der Waals surface area contributed by atoms with E-state index in [2.05, 4.69) is 120 Å². The first-order chi connectivity index (χ1) is 48.1. The van der Waals surface area contributed by atoms with E-state index in [-0.39, 0.29) is 61.1 Å². The van der Waals surface area contributed by atoms with Crippen LogP contribution < -0.4 is 54.4 Å². The summed E-state index contributed by atoms with van der Waals surface area (Å²) in [5.74, 6) is 5.49. The van der Waals surface area contributed by atoms with Crippen molar-refractivity contribution in [2.75, 3.05) is 101 Å². The Morgan fingerprint density at radius 2 is 0.960 bits per heavy atom. The van der Waals surface area contributed by atoms with E-state index in [1.165, 1.54) is 29.9 Å². The SMILES string of the molecule is CCSc1nc(CCCNC(=O)C(C)CC(=O)CNC(=O)C(CC(=O)CCCc2nc(C)nc(CCCNc3nc(N)nc(CCCNc4ncnc(N)n4)n3)n2)Cc2ccccc2)nc(NCCCc2nc(NCCCc3nc(N)nc(NCCS)n3)nc(Sc3ccccc3)n2)n1. The summed E-state index contributed by atoms with van der Waals surface area (Å²) in [6.45, 7) is 8.32. The van der Waals surface area contributed by atoms with Crippen LogP contribution in [0, 0.1) is 18.8 Å². The molecular weight excluding hydrogens is 1320 g/mol. The van der Waals surface area contributed by atoms with Crippen LogP contribution >= 0.6 is 36.2 Å². The van der Waals surface area contributed by atoms with Crippen LogP contribution in [-0.4, -0.2) is 170 Å². The van der Waals surface area contributed by atoms with E-state index >= 15 is 0 Å². The largest absolute Gasteiger partial charge is 0.368 e. The number of benzene rings is 2. The number of nitrogens with two attached hydrogens (primary N) is 3. The van der Waals surface area contributed by atoms with Gasteiger partial charge in [-0.3, -0.25) is 19.2 Å². The fourth-order valence-electron chi connectivity index (χ4n) is 9.88. The molecule has 0 aliphatic rings. The van der Waals surface area contributed by atoms with Crippen LogP contribution in [0.3, 0.4) is 0 Å². The fourth-order valence-corrected chi connectivity index (χ4v) is 11.4. The zero-order chi connectivity index (χ0) is 70.0. The van der Waals surface area contributed by atoms with Gasteiger partial charge in [-0.05, 0) is 87.1 Å². The van der Waals surface area contributed by atoms with Crippen molar-refractivity contribution >= 4 is 107 Å². The van der Waals surface area contributed by atoms with Gasteiger partial charge in [-0.15, -0.1) is 0 Å². The van der Waals surface area contributed by atoms with Gasteiger partial charge in [-0.2, -0.15) is 67.5 Å². The van der Waals surface area contributed by atoms with Gasteiger partial charge in [0.2, 0.25) is 59.4 Å². The standard InChI is InChI=1S/C64H86N28O4S3/c1-4-98-63-86-51(84-61(91-63)71-32-16-27-52-85-62(92-64(87-52)99-46-20-9-6-10-21-46)72-31-15-25-50-81-57(67)90-60(83-50)73-33-34-97)26-12-28-68-53(95)40(2)35-45(94)38-74-54(96)43(36-42-17-7-5-8-18-42)37-44(93)19-11-22-47-77-41(3)78-48(79-47)23-13-30-70-59-82-49(80-56(66)89-59)24-14-29-69-58-76-39-75-55(65)88-58/h5-10,17-18,20-21,39-40,43,97H,4,11-16,19,22-38H2,1-3H3,(H,68,95)(H,74,96)(H,71,84,86,91)(H,72,85,87,92)(H3,65,69,75,76,88)(H3,66,70,80,82,89)(H3,67,73,81,83,90). The maximum absolute atomic E-state index is 13.8. The van der Waals surface area contributed by atoms with Crippen molar-refractivity contribution in [2.24, 2.45) is 11.8 Å². The molecule has 0 spiro atoms. The van der Waals surface area contributed by atoms with E-state index in [4.69, 9.17) is 37.1 Å². The zero-order valence-electron chi connectivity index (χ0n) is 55.9. The van der Waals surface area contributed by atoms with Crippen molar-refractivity contribution < 1.29 is 19.2 Å². The number of hydrogen-bond donors (Lipinski definition) is 11. The number of amides is 2. The van der Waals surface area contributed by atoms with Gasteiger partial charge >= 0.3 is 0 Å². The average molecular weight is 1410 g/mol. The molecule has 2 atom stereocenters. The molecule has 2 amide bonds. The molecule has 8 aromatic rings. The molecule has 0 fully saturated rings. The molecule has 0 aliphatic heterocycles. The Kier molecular flexibility index (Phi) is 30.9. The lowest BCUT2D eigenvalue weighted by atomic mass is 9.92. The van der Waals surface area contributed by atoms with Gasteiger partial charge in [-0.25, -0.2) is 34.9 Å². The lowest BCUT2D eigenvalue weighted by Crippen LogP contribution is -2.38. The van der Waals surface area contributed by atoms with Crippen LogP contribution in [-0.2, 0) is 64.1 Å². The van der Waals surface area contributed by atoms with Crippen LogP contribution in [0.4, 0.5) is 47.6 Å². The van der Waals surface area contributed by atoms with E-state index in [1.54, 1.807) is 13.8 Å². The molecule has 2 aromatic carbocycles. The van der Waals surface area contributed by atoms with E-state index in [0.717, 1.165) is 16.2 Å². The van der Waals surface area contributed by atoms with Crippen LogP contribution in [0.1, 0.15) is 118 Å². The Morgan fingerprint density at radius 3 is 1.53 bits per heavy atom. The maximum Gasteiger partial charge on any atom is 0.227 e. The first-order valence-electron chi connectivity index (χ1n) is 33.0. The summed E-state index contributed by atoms with van der Waals surface area (Å²) in [5, 5.41) is 23.0. The second-order valence-corrected chi connectivity index (χ2v) is 25.5. The number of aromatic nitrogens is 18. The summed E-state index contributed by atoms with van der Waals surface area (Å²) < 4.78 is 0. The van der Waals surface area contributed by atoms with Crippen molar-refractivity contribution in [3.05, 3.63) is 113 Å². The van der Waals surface area contributed by atoms with Gasteiger partial charge in [0.25, 0.3) is 0 Å². The first-order valence-corrected chi connectivity index (χ1v) is 35.5. The zero-order valence-corrected chi connectivity index (χ0v) is 58.4. The molecule has 0 bridgehead atoms. The molecule has 35 heteroatoms. The van der Waals surface area contributed by atoms with E-state index in [9.17, 15) is 19.2 Å². The smallest absolute Gasteiger partial charge is 0.227 e. The number of thiol groups is 1. The van der Waals surface area contributed by atoms with Crippen molar-refractivity contribution in [2.45, 2.75) is 139 Å². The second kappa shape index (κ2) is 40.8. The number of thioether (sulfide) groups is 1. The Morgan fingerprint density at radius 1 is 0.475 bits per heavy atom. The maximum atomic E-state index is 13.8. The predicted molar refractivity (Wildman–Crippen MR) is 383 cm³/mol. The van der Waals surface area contributed by atoms with Crippen LogP contribution in [0.5, 0.6) is 0 Å². The number of ketones is 2. The molecule has 13 N–H and O–H groups in total. The van der Waals surface area contributed by atoms with Gasteiger partial charge in [0.05, 0.1) is 6.54 Å². The molecule has 0 saturated carbocycles. The van der Waals surface area contributed by atoms with Gasteiger partial charge in [-0.1, -0.05) is 74.1 Å². The quantitative estimate of drug-likeness (QED) is 0.0132. The first kappa shape index (κ1) is 75.0. The van der Waals surface area contributed by atoms with Crippen LogP contribution in [0.2, 0.25) is 0 Å². The number of nitrogen functional groups attached to an aromatic ring is 3. The molecule has 32 nitrogen and oxygen atoms in total. The van der Waals surface area contributed by atoms with Gasteiger partial charge < -0.3 is 54.4 Å². The number of carbonyl (C=O) groups excluding carboxylic acids is 4. The predicted octanol–water partition coefficient (Wildman–Crippen LogP) is 5.24. The highest BCUT2D eigenvalue weighted by Gasteiger charge is 2.25. The minimum Gasteiger partial charge on any atom is -0.368 e.